The zero-order valence-corrected chi connectivity index (χ0v) is 9.57. The summed E-state index contributed by atoms with van der Waals surface area (Å²) in [5.41, 5.74) is 0.497. The Morgan fingerprint density at radius 3 is 2.71 bits per heavy atom. The number of Topliss-reactive ketones (excluding diaryl/α,β-unsaturated/α-hetero) is 1. The first-order chi connectivity index (χ1) is 8.24. The first kappa shape index (κ1) is 11.6. The molecule has 0 unspecified atom stereocenters. The Morgan fingerprint density at radius 1 is 1.24 bits per heavy atom. The lowest BCUT2D eigenvalue weighted by Gasteiger charge is -2.11. The number of alkyl halides is 1. The second-order valence-electron chi connectivity index (χ2n) is 3.76. The van der Waals surface area contributed by atoms with Crippen molar-refractivity contribution in [3.05, 3.63) is 42.0 Å². The highest BCUT2D eigenvalue weighted by Gasteiger charge is 2.12. The van der Waals surface area contributed by atoms with Gasteiger partial charge >= 0.3 is 0 Å². The highest BCUT2D eigenvalue weighted by molar-refractivity contribution is 6.03. The zero-order chi connectivity index (χ0) is 12.3. The van der Waals surface area contributed by atoms with E-state index in [4.69, 9.17) is 4.74 Å². The van der Waals surface area contributed by atoms with Gasteiger partial charge in [-0.1, -0.05) is 30.3 Å². The van der Waals surface area contributed by atoms with Gasteiger partial charge in [-0.25, -0.2) is 4.39 Å². The van der Waals surface area contributed by atoms with Crippen LogP contribution in [0.2, 0.25) is 0 Å². The Hall–Kier alpha value is -1.90. The van der Waals surface area contributed by atoms with E-state index >= 15 is 0 Å². The molecule has 0 aromatic heterocycles. The van der Waals surface area contributed by atoms with Gasteiger partial charge in [-0.05, 0) is 18.4 Å². The Balaban J connectivity index is 2.61. The molecule has 2 rings (SSSR count). The van der Waals surface area contributed by atoms with Gasteiger partial charge in [0.05, 0.1) is 5.56 Å². The quantitative estimate of drug-likeness (QED) is 0.755. The van der Waals surface area contributed by atoms with E-state index in [1.165, 1.54) is 6.92 Å². The van der Waals surface area contributed by atoms with Crippen molar-refractivity contribution in [2.75, 3.05) is 13.3 Å². The predicted octanol–water partition coefficient (Wildman–Crippen LogP) is 3.39. The fraction of sp³-hybridized carbons (Fsp3) is 0.214. The highest BCUT2D eigenvalue weighted by atomic mass is 19.1. The maximum Gasteiger partial charge on any atom is 0.163 e. The second kappa shape index (κ2) is 4.95. The van der Waals surface area contributed by atoms with Crippen molar-refractivity contribution in [2.24, 2.45) is 0 Å². The largest absolute Gasteiger partial charge is 0.489 e. The van der Waals surface area contributed by atoms with Crippen molar-refractivity contribution in [2.45, 2.75) is 6.92 Å². The Morgan fingerprint density at radius 2 is 2.00 bits per heavy atom. The molecule has 0 bridgehead atoms. The summed E-state index contributed by atoms with van der Waals surface area (Å²) in [6.45, 7) is 0.876. The fourth-order valence-corrected chi connectivity index (χ4v) is 1.82. The van der Waals surface area contributed by atoms with Crippen molar-refractivity contribution < 1.29 is 13.9 Å². The van der Waals surface area contributed by atoms with Crippen LogP contribution >= 0.6 is 0 Å². The van der Waals surface area contributed by atoms with Crippen molar-refractivity contribution in [3.8, 4) is 5.75 Å². The molecule has 0 aliphatic carbocycles. The lowest BCUT2D eigenvalue weighted by Crippen LogP contribution is -2.04. The molecule has 2 aromatic rings. The molecule has 0 heterocycles. The van der Waals surface area contributed by atoms with E-state index < -0.39 is 6.67 Å². The van der Waals surface area contributed by atoms with E-state index in [0.29, 0.717) is 11.3 Å². The van der Waals surface area contributed by atoms with Crippen molar-refractivity contribution in [1.82, 2.24) is 0 Å². The van der Waals surface area contributed by atoms with Gasteiger partial charge in [0.15, 0.2) is 5.78 Å². The van der Waals surface area contributed by atoms with Gasteiger partial charge in [0.2, 0.25) is 0 Å². The number of benzene rings is 2. The van der Waals surface area contributed by atoms with Crippen LogP contribution in [0.25, 0.3) is 10.8 Å². The average Bonchev–Trinajstić information content (AvgIpc) is 2.35. The van der Waals surface area contributed by atoms with Crippen LogP contribution in [0.15, 0.2) is 36.4 Å². The van der Waals surface area contributed by atoms with Crippen LogP contribution in [-0.2, 0) is 0 Å². The minimum atomic E-state index is -0.569. The third kappa shape index (κ3) is 2.28. The maximum atomic E-state index is 12.2. The maximum absolute atomic E-state index is 12.2. The first-order valence-corrected chi connectivity index (χ1v) is 5.45. The molecular formula is C14H13FO2. The summed E-state index contributed by atoms with van der Waals surface area (Å²) in [5.74, 6) is 0.401. The Labute approximate surface area is 99.0 Å². The van der Waals surface area contributed by atoms with Gasteiger partial charge in [-0.2, -0.15) is 0 Å². The zero-order valence-electron chi connectivity index (χ0n) is 9.57. The number of halogens is 1. The SMILES string of the molecule is CC(=O)c1ccc2ccccc2c1OCCF. The molecule has 0 amide bonds. The summed E-state index contributed by atoms with van der Waals surface area (Å²) < 4.78 is 17.6. The number of hydrogen-bond acceptors (Lipinski definition) is 2. The summed E-state index contributed by atoms with van der Waals surface area (Å²) in [6.07, 6.45) is 0. The van der Waals surface area contributed by atoms with Crippen LogP contribution in [0.4, 0.5) is 4.39 Å². The Bertz CT molecular complexity index is 549. The second-order valence-corrected chi connectivity index (χ2v) is 3.76. The molecule has 0 saturated carbocycles. The highest BCUT2D eigenvalue weighted by Crippen LogP contribution is 2.30. The van der Waals surface area contributed by atoms with Crippen LogP contribution < -0.4 is 4.74 Å². The van der Waals surface area contributed by atoms with Crippen molar-refractivity contribution >= 4 is 16.6 Å². The van der Waals surface area contributed by atoms with Crippen LogP contribution in [0.1, 0.15) is 17.3 Å². The minimum Gasteiger partial charge on any atom is -0.489 e. The number of ether oxygens (including phenoxy) is 1. The lowest BCUT2D eigenvalue weighted by molar-refractivity contribution is 0.101. The van der Waals surface area contributed by atoms with Gasteiger partial charge in [-0.15, -0.1) is 0 Å². The van der Waals surface area contributed by atoms with E-state index in [1.807, 2.05) is 30.3 Å². The molecule has 88 valence electrons. The minimum absolute atomic E-state index is 0.0334. The molecule has 0 fully saturated rings. The third-order valence-corrected chi connectivity index (χ3v) is 2.58. The molecule has 3 heteroatoms. The van der Waals surface area contributed by atoms with Crippen molar-refractivity contribution in [3.63, 3.8) is 0 Å². The van der Waals surface area contributed by atoms with E-state index in [-0.39, 0.29) is 12.4 Å². The smallest absolute Gasteiger partial charge is 0.163 e. The van der Waals surface area contributed by atoms with Crippen LogP contribution in [0.5, 0.6) is 5.75 Å². The molecule has 17 heavy (non-hydrogen) atoms. The number of ketones is 1. The molecular weight excluding hydrogens is 219 g/mol. The third-order valence-electron chi connectivity index (χ3n) is 2.58. The number of carbonyl (C=O) groups is 1. The number of rotatable bonds is 4. The molecule has 0 radical (unpaired) electrons. The number of hydrogen-bond donors (Lipinski definition) is 0. The van der Waals surface area contributed by atoms with Gasteiger partial charge in [0, 0.05) is 5.39 Å². The van der Waals surface area contributed by atoms with Gasteiger partial charge in [0.1, 0.15) is 19.0 Å². The standard InChI is InChI=1S/C14H13FO2/c1-10(16)12-7-6-11-4-2-3-5-13(11)14(12)17-9-8-15/h2-7H,8-9H2,1H3. The van der Waals surface area contributed by atoms with Crippen LogP contribution in [0.3, 0.4) is 0 Å². The molecule has 0 spiro atoms. The molecule has 0 N–H and O–H groups in total. The summed E-state index contributed by atoms with van der Waals surface area (Å²) in [4.78, 5) is 11.5. The van der Waals surface area contributed by atoms with Gasteiger partial charge in [-0.3, -0.25) is 4.79 Å². The Kier molecular flexibility index (Phi) is 3.38. The summed E-state index contributed by atoms with van der Waals surface area (Å²) in [5, 5.41) is 1.82. The summed E-state index contributed by atoms with van der Waals surface area (Å²) in [6, 6.07) is 11.2. The summed E-state index contributed by atoms with van der Waals surface area (Å²) in [7, 11) is 0. The van der Waals surface area contributed by atoms with Gasteiger partial charge in [0.25, 0.3) is 0 Å². The fourth-order valence-electron chi connectivity index (χ4n) is 1.82. The summed E-state index contributed by atoms with van der Waals surface area (Å²) >= 11 is 0. The van der Waals surface area contributed by atoms with E-state index in [2.05, 4.69) is 0 Å². The normalized spacial score (nSPS) is 10.5. The van der Waals surface area contributed by atoms with E-state index in [9.17, 15) is 9.18 Å². The molecule has 0 atom stereocenters. The topological polar surface area (TPSA) is 26.3 Å². The van der Waals surface area contributed by atoms with Crippen LogP contribution in [-0.4, -0.2) is 19.1 Å². The average molecular weight is 232 g/mol. The number of fused-ring (bicyclic) bond motifs is 1. The van der Waals surface area contributed by atoms with Crippen molar-refractivity contribution in [1.29, 1.82) is 0 Å². The predicted molar refractivity (Wildman–Crippen MR) is 65.4 cm³/mol. The lowest BCUT2D eigenvalue weighted by atomic mass is 10.0. The number of carbonyl (C=O) groups excluding carboxylic acids is 1. The van der Waals surface area contributed by atoms with Crippen LogP contribution in [0, 0.1) is 0 Å². The van der Waals surface area contributed by atoms with E-state index in [1.54, 1.807) is 6.07 Å². The van der Waals surface area contributed by atoms with E-state index in [0.717, 1.165) is 10.8 Å². The molecule has 2 aromatic carbocycles. The van der Waals surface area contributed by atoms with Gasteiger partial charge < -0.3 is 4.74 Å². The molecule has 0 saturated heterocycles. The molecule has 0 aliphatic heterocycles. The first-order valence-electron chi connectivity index (χ1n) is 5.45. The molecule has 2 nitrogen and oxygen atoms in total. The monoisotopic (exact) mass is 232 g/mol. The molecule has 0 aliphatic rings.